The van der Waals surface area contributed by atoms with Gasteiger partial charge in [-0.05, 0) is 31.8 Å². The quantitative estimate of drug-likeness (QED) is 0.598. The van der Waals surface area contributed by atoms with E-state index in [0.29, 0.717) is 12.3 Å². The van der Waals surface area contributed by atoms with E-state index in [9.17, 15) is 8.42 Å². The van der Waals surface area contributed by atoms with Gasteiger partial charge < -0.3 is 5.32 Å². The zero-order valence-electron chi connectivity index (χ0n) is 6.41. The van der Waals surface area contributed by atoms with Gasteiger partial charge in [0, 0.05) is 0 Å². The van der Waals surface area contributed by atoms with Crippen LogP contribution in [0, 0.1) is 5.92 Å². The van der Waals surface area contributed by atoms with Crippen molar-refractivity contribution in [2.75, 3.05) is 18.8 Å². The summed E-state index contributed by atoms with van der Waals surface area (Å²) in [6.45, 7) is 1.95. The van der Waals surface area contributed by atoms with E-state index < -0.39 is 10.0 Å². The molecular weight excluding hydrogens is 164 g/mol. The molecule has 0 unspecified atom stereocenters. The normalized spacial score (nSPS) is 25.7. The van der Waals surface area contributed by atoms with Crippen LogP contribution in [0.1, 0.15) is 12.8 Å². The molecule has 3 N–H and O–H groups in total. The molecule has 1 rings (SSSR count). The third kappa shape index (κ3) is 3.69. The number of rotatable bonds is 3. The predicted octanol–water partition coefficient (Wildman–Crippen LogP) is -0.725. The van der Waals surface area contributed by atoms with Crippen LogP contribution >= 0.6 is 0 Å². The van der Waals surface area contributed by atoms with Gasteiger partial charge in [-0.3, -0.25) is 0 Å². The van der Waals surface area contributed by atoms with Crippen molar-refractivity contribution in [3.05, 3.63) is 0 Å². The molecule has 0 aromatic heterocycles. The molecule has 0 spiro atoms. The molecule has 1 saturated heterocycles. The lowest BCUT2D eigenvalue weighted by Crippen LogP contribution is -2.19. The summed E-state index contributed by atoms with van der Waals surface area (Å²) in [7, 11) is -3.24. The monoisotopic (exact) mass is 178 g/mol. The highest BCUT2D eigenvalue weighted by atomic mass is 32.2. The smallest absolute Gasteiger partial charge is 0.209 e. The van der Waals surface area contributed by atoms with E-state index in [-0.39, 0.29) is 5.75 Å². The molecule has 11 heavy (non-hydrogen) atoms. The predicted molar refractivity (Wildman–Crippen MR) is 43.6 cm³/mol. The number of primary sulfonamides is 1. The molecule has 0 aliphatic carbocycles. The van der Waals surface area contributed by atoms with Crippen molar-refractivity contribution >= 4 is 10.0 Å². The van der Waals surface area contributed by atoms with E-state index in [2.05, 4.69) is 5.32 Å². The van der Waals surface area contributed by atoms with Gasteiger partial charge >= 0.3 is 0 Å². The first-order valence-electron chi connectivity index (χ1n) is 3.79. The van der Waals surface area contributed by atoms with E-state index in [0.717, 1.165) is 19.5 Å². The Kier molecular flexibility index (Phi) is 2.86. The van der Waals surface area contributed by atoms with Crippen molar-refractivity contribution in [1.82, 2.24) is 5.32 Å². The van der Waals surface area contributed by atoms with Crippen LogP contribution in [-0.4, -0.2) is 27.3 Å². The maximum atomic E-state index is 10.5. The molecule has 1 fully saturated rings. The minimum absolute atomic E-state index is 0.124. The fourth-order valence-corrected chi connectivity index (χ4v) is 1.95. The summed E-state index contributed by atoms with van der Waals surface area (Å²) >= 11 is 0. The van der Waals surface area contributed by atoms with Gasteiger partial charge in [0.1, 0.15) is 0 Å². The average Bonchev–Trinajstić information content (AvgIpc) is 2.32. The molecule has 0 saturated carbocycles. The first-order chi connectivity index (χ1) is 5.08. The zero-order valence-corrected chi connectivity index (χ0v) is 7.23. The lowest BCUT2D eigenvalue weighted by molar-refractivity contribution is 0.546. The number of sulfonamides is 1. The average molecular weight is 178 g/mol. The Hall–Kier alpha value is -0.130. The fraction of sp³-hybridized carbons (Fsp3) is 1.00. The third-order valence-corrected chi connectivity index (χ3v) is 2.78. The Morgan fingerprint density at radius 1 is 1.55 bits per heavy atom. The van der Waals surface area contributed by atoms with Crippen LogP contribution in [0.15, 0.2) is 0 Å². The number of nitrogens with one attached hydrogen (secondary N) is 1. The van der Waals surface area contributed by atoms with Crippen LogP contribution in [0.3, 0.4) is 0 Å². The summed E-state index contributed by atoms with van der Waals surface area (Å²) in [6, 6.07) is 0. The second-order valence-corrected chi connectivity index (χ2v) is 4.75. The summed E-state index contributed by atoms with van der Waals surface area (Å²) in [6.07, 6.45) is 1.78. The lowest BCUT2D eigenvalue weighted by atomic mass is 10.1. The number of hydrogen-bond acceptors (Lipinski definition) is 3. The van der Waals surface area contributed by atoms with Gasteiger partial charge in [0.15, 0.2) is 0 Å². The first-order valence-corrected chi connectivity index (χ1v) is 5.50. The lowest BCUT2D eigenvalue weighted by Gasteiger charge is -2.05. The van der Waals surface area contributed by atoms with E-state index in [1.54, 1.807) is 0 Å². The summed E-state index contributed by atoms with van der Waals surface area (Å²) < 4.78 is 21.1. The van der Waals surface area contributed by atoms with E-state index in [1.807, 2.05) is 0 Å². The molecule has 0 amide bonds. The zero-order chi connectivity index (χ0) is 8.32. The Morgan fingerprint density at radius 3 is 2.73 bits per heavy atom. The third-order valence-electron chi connectivity index (χ3n) is 1.97. The maximum Gasteiger partial charge on any atom is 0.209 e. The maximum absolute atomic E-state index is 10.5. The van der Waals surface area contributed by atoms with Crippen LogP contribution in [0.4, 0.5) is 0 Å². The molecule has 0 aromatic carbocycles. The van der Waals surface area contributed by atoms with Crippen molar-refractivity contribution in [1.29, 1.82) is 0 Å². The van der Waals surface area contributed by atoms with Gasteiger partial charge in [-0.2, -0.15) is 0 Å². The minimum Gasteiger partial charge on any atom is -0.316 e. The van der Waals surface area contributed by atoms with Crippen molar-refractivity contribution in [2.24, 2.45) is 11.1 Å². The SMILES string of the molecule is NS(=O)(=O)CC[C@@H]1CCNC1. The highest BCUT2D eigenvalue weighted by molar-refractivity contribution is 7.89. The summed E-state index contributed by atoms with van der Waals surface area (Å²) in [5.41, 5.74) is 0. The van der Waals surface area contributed by atoms with Crippen LogP contribution < -0.4 is 10.5 Å². The Balaban J connectivity index is 2.22. The topological polar surface area (TPSA) is 72.2 Å². The number of hydrogen-bond donors (Lipinski definition) is 2. The number of nitrogens with two attached hydrogens (primary N) is 1. The second kappa shape index (κ2) is 3.51. The molecule has 1 aliphatic heterocycles. The molecule has 0 bridgehead atoms. The van der Waals surface area contributed by atoms with Gasteiger partial charge in [-0.1, -0.05) is 0 Å². The van der Waals surface area contributed by atoms with Gasteiger partial charge in [0.05, 0.1) is 5.75 Å². The molecule has 1 heterocycles. The molecule has 0 radical (unpaired) electrons. The Labute approximate surface area is 67.2 Å². The molecular formula is C6H14N2O2S. The van der Waals surface area contributed by atoms with Gasteiger partial charge in [0.2, 0.25) is 10.0 Å². The summed E-state index contributed by atoms with van der Waals surface area (Å²) in [5.74, 6) is 0.632. The Morgan fingerprint density at radius 2 is 2.27 bits per heavy atom. The second-order valence-electron chi connectivity index (χ2n) is 3.01. The minimum atomic E-state index is -3.24. The molecule has 1 aliphatic rings. The summed E-state index contributed by atoms with van der Waals surface area (Å²) in [4.78, 5) is 0. The van der Waals surface area contributed by atoms with Gasteiger partial charge in [0.25, 0.3) is 0 Å². The van der Waals surface area contributed by atoms with Crippen LogP contribution in [-0.2, 0) is 10.0 Å². The van der Waals surface area contributed by atoms with E-state index in [1.165, 1.54) is 0 Å². The van der Waals surface area contributed by atoms with Crippen molar-refractivity contribution in [2.45, 2.75) is 12.8 Å². The van der Waals surface area contributed by atoms with Crippen LogP contribution in [0.5, 0.6) is 0 Å². The van der Waals surface area contributed by atoms with Crippen molar-refractivity contribution < 1.29 is 8.42 Å². The molecule has 0 aromatic rings. The van der Waals surface area contributed by atoms with Crippen molar-refractivity contribution in [3.8, 4) is 0 Å². The molecule has 5 heteroatoms. The molecule has 66 valence electrons. The highest BCUT2D eigenvalue weighted by Gasteiger charge is 2.16. The largest absolute Gasteiger partial charge is 0.316 e. The standard InChI is InChI=1S/C6H14N2O2S/c7-11(9,10)4-2-6-1-3-8-5-6/h6,8H,1-5H2,(H2,7,9,10)/t6-/m0/s1. The Bertz CT molecular complexity index is 207. The van der Waals surface area contributed by atoms with Gasteiger partial charge in [-0.15, -0.1) is 0 Å². The summed E-state index contributed by atoms with van der Waals surface area (Å²) in [5, 5.41) is 8.04. The van der Waals surface area contributed by atoms with Crippen molar-refractivity contribution in [3.63, 3.8) is 0 Å². The molecule has 1 atom stereocenters. The highest BCUT2D eigenvalue weighted by Crippen LogP contribution is 2.11. The molecule has 4 nitrogen and oxygen atoms in total. The van der Waals surface area contributed by atoms with E-state index >= 15 is 0 Å². The van der Waals surface area contributed by atoms with Crippen LogP contribution in [0.2, 0.25) is 0 Å². The van der Waals surface area contributed by atoms with Gasteiger partial charge in [-0.25, -0.2) is 13.6 Å². The van der Waals surface area contributed by atoms with Crippen LogP contribution in [0.25, 0.3) is 0 Å². The fourth-order valence-electron chi connectivity index (χ4n) is 1.29. The first kappa shape index (κ1) is 8.96. The van der Waals surface area contributed by atoms with E-state index in [4.69, 9.17) is 5.14 Å².